The maximum atomic E-state index is 13.1. The first-order chi connectivity index (χ1) is 12.5. The first-order valence-electron chi connectivity index (χ1n) is 8.27. The molecule has 1 fully saturated rings. The van der Waals surface area contributed by atoms with Gasteiger partial charge in [-0.1, -0.05) is 34.5 Å². The van der Waals surface area contributed by atoms with Gasteiger partial charge in [0.15, 0.2) is 5.13 Å². The van der Waals surface area contributed by atoms with Crippen LogP contribution in [0.1, 0.15) is 28.1 Å². The molecule has 26 heavy (non-hydrogen) atoms. The number of fused-ring (bicyclic) bond motifs is 1. The van der Waals surface area contributed by atoms with Crippen LogP contribution in [0.5, 0.6) is 0 Å². The summed E-state index contributed by atoms with van der Waals surface area (Å²) in [5.41, 5.74) is 1.88. The smallest absolute Gasteiger partial charge is 0.270 e. The fourth-order valence-electron chi connectivity index (χ4n) is 3.06. The zero-order valence-electron chi connectivity index (χ0n) is 14.0. The van der Waals surface area contributed by atoms with Gasteiger partial charge >= 0.3 is 0 Å². The first-order valence-corrected chi connectivity index (χ1v) is 10.7. The molecule has 136 valence electrons. The minimum atomic E-state index is -0.0970. The fourth-order valence-corrected chi connectivity index (χ4v) is 5.48. The lowest BCUT2D eigenvalue weighted by atomic mass is 10.2. The van der Waals surface area contributed by atoms with E-state index in [4.69, 9.17) is 32.9 Å². The van der Waals surface area contributed by atoms with Gasteiger partial charge in [0.1, 0.15) is 0 Å². The maximum Gasteiger partial charge on any atom is 0.270 e. The molecule has 2 aromatic heterocycles. The Kier molecular flexibility index (Phi) is 5.21. The van der Waals surface area contributed by atoms with Crippen LogP contribution in [-0.2, 0) is 4.74 Å². The Hall–Kier alpha value is -1.18. The highest BCUT2D eigenvalue weighted by molar-refractivity contribution is 7.22. The summed E-state index contributed by atoms with van der Waals surface area (Å²) in [4.78, 5) is 20.2. The van der Waals surface area contributed by atoms with E-state index in [1.807, 2.05) is 19.1 Å². The summed E-state index contributed by atoms with van der Waals surface area (Å²) in [6.07, 6.45) is 2.00. The van der Waals surface area contributed by atoms with Crippen LogP contribution in [0.2, 0.25) is 9.36 Å². The minimum Gasteiger partial charge on any atom is -0.376 e. The van der Waals surface area contributed by atoms with E-state index in [2.05, 4.69) is 0 Å². The van der Waals surface area contributed by atoms with Gasteiger partial charge in [0.05, 0.1) is 32.1 Å². The van der Waals surface area contributed by atoms with Crippen molar-refractivity contribution in [3.8, 4) is 0 Å². The lowest BCUT2D eigenvalue weighted by Gasteiger charge is -2.22. The first kappa shape index (κ1) is 18.2. The molecule has 1 aliphatic heterocycles. The normalized spacial score (nSPS) is 17.1. The van der Waals surface area contributed by atoms with Gasteiger partial charge in [-0.15, -0.1) is 11.3 Å². The van der Waals surface area contributed by atoms with E-state index >= 15 is 0 Å². The molecule has 1 atom stereocenters. The highest BCUT2D eigenvalue weighted by Crippen LogP contribution is 2.35. The molecule has 1 amide bonds. The van der Waals surface area contributed by atoms with Gasteiger partial charge in [-0.05, 0) is 49.6 Å². The molecule has 0 spiro atoms. The second kappa shape index (κ2) is 7.44. The average molecular weight is 427 g/mol. The number of carbonyl (C=O) groups is 1. The van der Waals surface area contributed by atoms with Crippen molar-refractivity contribution in [2.45, 2.75) is 25.9 Å². The number of ether oxygens (including phenoxy) is 1. The van der Waals surface area contributed by atoms with Gasteiger partial charge in [-0.2, -0.15) is 0 Å². The minimum absolute atomic E-state index is 0.0334. The van der Waals surface area contributed by atoms with E-state index < -0.39 is 0 Å². The molecule has 1 aromatic carbocycles. The van der Waals surface area contributed by atoms with Crippen molar-refractivity contribution >= 4 is 67.1 Å². The van der Waals surface area contributed by atoms with Gasteiger partial charge in [-0.3, -0.25) is 9.69 Å². The zero-order chi connectivity index (χ0) is 18.3. The summed E-state index contributed by atoms with van der Waals surface area (Å²) in [6, 6.07) is 7.28. The Bertz CT molecular complexity index is 963. The number of aromatic nitrogens is 1. The van der Waals surface area contributed by atoms with Crippen molar-refractivity contribution in [1.82, 2.24) is 4.98 Å². The lowest BCUT2D eigenvalue weighted by molar-refractivity contribution is 0.0920. The Morgan fingerprint density at radius 1 is 1.35 bits per heavy atom. The van der Waals surface area contributed by atoms with Crippen LogP contribution >= 0.6 is 45.9 Å². The molecule has 4 nitrogen and oxygen atoms in total. The van der Waals surface area contributed by atoms with Gasteiger partial charge in [0.25, 0.3) is 5.91 Å². The molecule has 0 N–H and O–H groups in total. The second-order valence-electron chi connectivity index (χ2n) is 6.22. The summed E-state index contributed by atoms with van der Waals surface area (Å²) in [6.45, 7) is 3.20. The van der Waals surface area contributed by atoms with E-state index in [1.54, 1.807) is 17.0 Å². The second-order valence-corrected chi connectivity index (χ2v) is 9.38. The summed E-state index contributed by atoms with van der Waals surface area (Å²) >= 11 is 15.0. The summed E-state index contributed by atoms with van der Waals surface area (Å²) in [5.74, 6) is -0.0970. The van der Waals surface area contributed by atoms with Gasteiger partial charge in [-0.25, -0.2) is 4.98 Å². The highest BCUT2D eigenvalue weighted by Gasteiger charge is 2.28. The lowest BCUT2D eigenvalue weighted by Crippen LogP contribution is -2.37. The standard InChI is InChI=1S/C18H16Cl2N2O2S2/c1-10-7-11(19)8-14-16(10)21-18(26-14)22(9-12-3-2-6-24-12)17(23)13-4-5-15(20)25-13/h4-5,7-8,12H,2-3,6,9H2,1H3. The number of benzene rings is 1. The third-order valence-electron chi connectivity index (χ3n) is 4.31. The average Bonchev–Trinajstić information content (AvgIpc) is 3.32. The summed E-state index contributed by atoms with van der Waals surface area (Å²) < 4.78 is 7.32. The SMILES string of the molecule is Cc1cc(Cl)cc2sc(N(CC3CCCO3)C(=O)c3ccc(Cl)s3)nc12. The van der Waals surface area contributed by atoms with Crippen LogP contribution in [0.3, 0.4) is 0 Å². The van der Waals surface area contributed by atoms with Gasteiger partial charge in [0.2, 0.25) is 0 Å². The van der Waals surface area contributed by atoms with Crippen LogP contribution in [0.15, 0.2) is 24.3 Å². The van der Waals surface area contributed by atoms with Gasteiger partial charge in [0, 0.05) is 11.6 Å². The van der Waals surface area contributed by atoms with Crippen molar-refractivity contribution < 1.29 is 9.53 Å². The van der Waals surface area contributed by atoms with Crippen molar-refractivity contribution in [3.05, 3.63) is 44.1 Å². The molecule has 0 aliphatic carbocycles. The molecule has 0 saturated carbocycles. The summed E-state index contributed by atoms with van der Waals surface area (Å²) in [5, 5.41) is 1.34. The fraction of sp³-hybridized carbons (Fsp3) is 0.333. The molecular weight excluding hydrogens is 411 g/mol. The molecule has 1 unspecified atom stereocenters. The molecule has 3 heterocycles. The molecule has 1 saturated heterocycles. The number of anilines is 1. The maximum absolute atomic E-state index is 13.1. The van der Waals surface area contributed by atoms with Crippen molar-refractivity contribution in [2.75, 3.05) is 18.1 Å². The molecule has 0 bridgehead atoms. The number of carbonyl (C=O) groups excluding carboxylic acids is 1. The van der Waals surface area contributed by atoms with E-state index in [9.17, 15) is 4.79 Å². The number of hydrogen-bond acceptors (Lipinski definition) is 5. The predicted molar refractivity (Wildman–Crippen MR) is 109 cm³/mol. The van der Waals surface area contributed by atoms with Crippen molar-refractivity contribution in [1.29, 1.82) is 0 Å². The Morgan fingerprint density at radius 2 is 2.19 bits per heavy atom. The third kappa shape index (κ3) is 3.62. The van der Waals surface area contributed by atoms with Crippen molar-refractivity contribution in [2.24, 2.45) is 0 Å². The zero-order valence-corrected chi connectivity index (χ0v) is 17.1. The Labute approximate surface area is 169 Å². The van der Waals surface area contributed by atoms with E-state index in [1.165, 1.54) is 22.7 Å². The molecule has 8 heteroatoms. The number of halogens is 2. The van der Waals surface area contributed by atoms with E-state index in [-0.39, 0.29) is 12.0 Å². The van der Waals surface area contributed by atoms with Crippen LogP contribution in [0.4, 0.5) is 5.13 Å². The largest absolute Gasteiger partial charge is 0.376 e. The van der Waals surface area contributed by atoms with Gasteiger partial charge < -0.3 is 4.74 Å². The van der Waals surface area contributed by atoms with Crippen LogP contribution in [0.25, 0.3) is 10.2 Å². The molecular formula is C18H16Cl2N2O2S2. The molecule has 1 aliphatic rings. The number of nitrogens with zero attached hydrogens (tertiary/aromatic N) is 2. The Balaban J connectivity index is 1.74. The predicted octanol–water partition coefficient (Wildman–Crippen LogP) is 5.80. The topological polar surface area (TPSA) is 42.4 Å². The highest BCUT2D eigenvalue weighted by atomic mass is 35.5. The monoisotopic (exact) mass is 426 g/mol. The number of amides is 1. The number of thiophene rings is 1. The molecule has 0 radical (unpaired) electrons. The van der Waals surface area contributed by atoms with Crippen LogP contribution in [-0.4, -0.2) is 30.1 Å². The van der Waals surface area contributed by atoms with Crippen LogP contribution < -0.4 is 4.90 Å². The third-order valence-corrected chi connectivity index (χ3v) is 6.77. The number of aryl methyl sites for hydroxylation is 1. The number of thiazole rings is 1. The quantitative estimate of drug-likeness (QED) is 0.529. The number of rotatable bonds is 4. The van der Waals surface area contributed by atoms with E-state index in [0.29, 0.717) is 25.9 Å². The molecule has 3 aromatic rings. The van der Waals surface area contributed by atoms with Crippen molar-refractivity contribution in [3.63, 3.8) is 0 Å². The Morgan fingerprint density at radius 3 is 2.88 bits per heavy atom. The molecule has 4 rings (SSSR count). The van der Waals surface area contributed by atoms with Crippen LogP contribution in [0, 0.1) is 6.92 Å². The number of hydrogen-bond donors (Lipinski definition) is 0. The summed E-state index contributed by atoms with van der Waals surface area (Å²) in [7, 11) is 0. The van der Waals surface area contributed by atoms with E-state index in [0.717, 1.165) is 35.2 Å².